The second-order valence-electron chi connectivity index (χ2n) is 4.33. The van der Waals surface area contributed by atoms with E-state index in [0.717, 1.165) is 15.8 Å². The molecule has 1 aliphatic heterocycles. The number of rotatable bonds is 4. The Morgan fingerprint density at radius 3 is 2.61 bits per heavy atom. The molecule has 1 aliphatic rings. The van der Waals surface area contributed by atoms with Crippen LogP contribution in [0.5, 0.6) is 0 Å². The van der Waals surface area contributed by atoms with E-state index in [1.165, 1.54) is 4.90 Å². The first kappa shape index (κ1) is 13.2. The van der Waals surface area contributed by atoms with Gasteiger partial charge in [0.1, 0.15) is 12.8 Å². The van der Waals surface area contributed by atoms with Crippen molar-refractivity contribution in [1.82, 2.24) is 0 Å². The molecule has 0 spiro atoms. The Labute approximate surface area is 116 Å². The standard InChI is InChI=1S/C13H14BBrN2O/c1-16-7-8-17(2)13(16)14-9-12(18)10-3-5-11(15)6-4-10/h3-8H,9H2,1-2H3/p+1. The van der Waals surface area contributed by atoms with Gasteiger partial charge in [-0.05, 0) is 12.1 Å². The Balaban J connectivity index is 1.97. The molecule has 2 radical (unpaired) electrons. The van der Waals surface area contributed by atoms with Gasteiger partial charge >= 0.3 is 0 Å². The molecule has 1 N–H and O–H groups in total. The topological polar surface area (TPSA) is 24.5 Å². The zero-order chi connectivity index (χ0) is 13.1. The highest BCUT2D eigenvalue weighted by molar-refractivity contribution is 9.10. The van der Waals surface area contributed by atoms with Crippen molar-refractivity contribution in [3.05, 3.63) is 46.7 Å². The van der Waals surface area contributed by atoms with Gasteiger partial charge < -0.3 is 0 Å². The number of nitrogens with zero attached hydrogens (tertiary/aromatic N) is 1. The third-order valence-corrected chi connectivity index (χ3v) is 3.51. The van der Waals surface area contributed by atoms with E-state index in [1.54, 1.807) is 0 Å². The van der Waals surface area contributed by atoms with Crippen molar-refractivity contribution >= 4 is 34.7 Å². The average Bonchev–Trinajstić information content (AvgIpc) is 2.67. The first-order chi connectivity index (χ1) is 8.58. The van der Waals surface area contributed by atoms with Crippen LogP contribution in [-0.4, -0.2) is 37.5 Å². The van der Waals surface area contributed by atoms with Crippen LogP contribution in [-0.2, 0) is 0 Å². The number of hydrogen-bond acceptors (Lipinski definition) is 1. The quantitative estimate of drug-likeness (QED) is 0.496. The van der Waals surface area contributed by atoms with Crippen molar-refractivity contribution in [3.63, 3.8) is 0 Å². The first-order valence-electron chi connectivity index (χ1n) is 5.82. The van der Waals surface area contributed by atoms with E-state index in [2.05, 4.69) is 29.2 Å². The first-order valence-corrected chi connectivity index (χ1v) is 6.61. The monoisotopic (exact) mass is 305 g/mol. The second-order valence-corrected chi connectivity index (χ2v) is 5.25. The summed E-state index contributed by atoms with van der Waals surface area (Å²) in [4.78, 5) is 13.2. The van der Waals surface area contributed by atoms with Crippen molar-refractivity contribution < 1.29 is 14.3 Å². The Kier molecular flexibility index (Phi) is 4.14. The zero-order valence-corrected chi connectivity index (χ0v) is 12.1. The summed E-state index contributed by atoms with van der Waals surface area (Å²) in [5.41, 5.74) is 1.86. The highest BCUT2D eigenvalue weighted by Crippen LogP contribution is 2.11. The molecular weight excluding hydrogens is 291 g/mol. The van der Waals surface area contributed by atoms with Crippen molar-refractivity contribution in [2.24, 2.45) is 0 Å². The number of benzene rings is 1. The largest absolute Gasteiger partial charge is 0.298 e. The Hall–Kier alpha value is -1.20. The molecule has 5 heteroatoms. The fourth-order valence-corrected chi connectivity index (χ4v) is 2.18. The molecule has 1 atom stereocenters. The molecule has 1 heterocycles. The molecule has 18 heavy (non-hydrogen) atoms. The van der Waals surface area contributed by atoms with Crippen LogP contribution >= 0.6 is 15.9 Å². The molecule has 0 aromatic heterocycles. The Morgan fingerprint density at radius 2 is 2.06 bits per heavy atom. The van der Waals surface area contributed by atoms with Gasteiger partial charge in [0.15, 0.2) is 6.20 Å². The number of carbonyl (C=O) groups excluding carboxylic acids is 1. The van der Waals surface area contributed by atoms with Crippen LogP contribution in [0.1, 0.15) is 10.4 Å². The van der Waals surface area contributed by atoms with Gasteiger partial charge in [0.25, 0.3) is 0 Å². The van der Waals surface area contributed by atoms with Gasteiger partial charge in [-0.25, -0.2) is 0 Å². The van der Waals surface area contributed by atoms with E-state index >= 15 is 0 Å². The van der Waals surface area contributed by atoms with Crippen LogP contribution < -0.4 is 4.90 Å². The van der Waals surface area contributed by atoms with E-state index in [9.17, 15) is 4.79 Å². The molecule has 1 aromatic carbocycles. The van der Waals surface area contributed by atoms with Gasteiger partial charge in [0.05, 0.1) is 12.8 Å². The van der Waals surface area contributed by atoms with E-state index in [4.69, 9.17) is 0 Å². The maximum atomic E-state index is 12.0. The van der Waals surface area contributed by atoms with Gasteiger partial charge in [-0.2, -0.15) is 10.9 Å². The van der Waals surface area contributed by atoms with Crippen molar-refractivity contribution in [1.29, 1.82) is 0 Å². The minimum Gasteiger partial charge on any atom is -0.298 e. The molecule has 0 bridgehead atoms. The highest BCUT2D eigenvalue weighted by atomic mass is 79.9. The summed E-state index contributed by atoms with van der Waals surface area (Å²) in [7, 11) is 6.03. The number of ketones is 1. The van der Waals surface area contributed by atoms with Crippen LogP contribution in [0, 0.1) is 0 Å². The summed E-state index contributed by atoms with van der Waals surface area (Å²) in [5, 5.41) is 0. The highest BCUT2D eigenvalue weighted by Gasteiger charge is 2.14. The lowest BCUT2D eigenvalue weighted by atomic mass is 9.70. The van der Waals surface area contributed by atoms with Crippen molar-refractivity contribution in [2.75, 3.05) is 14.1 Å². The molecule has 92 valence electrons. The molecule has 1 unspecified atom stereocenters. The SMILES string of the molecule is C[N+]1=C([B-]CC(=O)c2ccc(Br)cc2)[NH+](C)C=C1. The number of carbonyl (C=O) groups is 1. The number of amidine groups is 1. The van der Waals surface area contributed by atoms with Crippen LogP contribution in [0.3, 0.4) is 0 Å². The Morgan fingerprint density at radius 1 is 1.39 bits per heavy atom. The molecule has 1 aromatic rings. The predicted octanol–water partition coefficient (Wildman–Crippen LogP) is 0.752. The lowest BCUT2D eigenvalue weighted by Crippen LogP contribution is -3.07. The van der Waals surface area contributed by atoms with Crippen molar-refractivity contribution in [3.8, 4) is 0 Å². The molecule has 3 nitrogen and oxygen atoms in total. The van der Waals surface area contributed by atoms with Crippen LogP contribution in [0.25, 0.3) is 0 Å². The summed E-state index contributed by atoms with van der Waals surface area (Å²) in [6.45, 7) is 0. The summed E-state index contributed by atoms with van der Waals surface area (Å²) < 4.78 is 3.02. The number of quaternary nitrogens is 1. The normalized spacial score (nSPS) is 18.5. The molecule has 0 saturated carbocycles. The van der Waals surface area contributed by atoms with Gasteiger partial charge in [0.2, 0.25) is 6.20 Å². The third kappa shape index (κ3) is 2.97. The van der Waals surface area contributed by atoms with Crippen LogP contribution in [0.15, 0.2) is 41.1 Å². The molecule has 0 saturated heterocycles. The summed E-state index contributed by atoms with van der Waals surface area (Å²) in [6.07, 6.45) is 4.49. The third-order valence-electron chi connectivity index (χ3n) is 2.98. The molecule has 2 rings (SSSR count). The number of Topliss-reactive ketones (excluding diaryl/α,β-unsaturated/α-hetero) is 1. The predicted molar refractivity (Wildman–Crippen MR) is 76.3 cm³/mol. The molecule has 0 aliphatic carbocycles. The minimum atomic E-state index is 0.142. The molecule has 0 fully saturated rings. The number of halogens is 1. The van der Waals surface area contributed by atoms with E-state index < -0.39 is 0 Å². The molecular formula is C13H15BBrN2O+. The smallest absolute Gasteiger partial charge is 0.223 e. The average molecular weight is 306 g/mol. The second kappa shape index (κ2) is 5.63. The van der Waals surface area contributed by atoms with E-state index in [0.29, 0.717) is 6.32 Å². The fourth-order valence-electron chi connectivity index (χ4n) is 1.92. The van der Waals surface area contributed by atoms with E-state index in [1.807, 2.05) is 49.4 Å². The van der Waals surface area contributed by atoms with Crippen molar-refractivity contribution in [2.45, 2.75) is 6.32 Å². The molecule has 0 amide bonds. The van der Waals surface area contributed by atoms with Gasteiger partial charge in [0, 0.05) is 10.0 Å². The Bertz CT molecular complexity index is 522. The van der Waals surface area contributed by atoms with Crippen LogP contribution in [0.4, 0.5) is 0 Å². The lowest BCUT2D eigenvalue weighted by molar-refractivity contribution is -0.729. The van der Waals surface area contributed by atoms with E-state index in [-0.39, 0.29) is 5.78 Å². The van der Waals surface area contributed by atoms with Gasteiger partial charge in [-0.15, -0.1) is 7.28 Å². The summed E-state index contributed by atoms with van der Waals surface area (Å²) >= 11 is 3.36. The van der Waals surface area contributed by atoms with Gasteiger partial charge in [-0.3, -0.25) is 9.69 Å². The summed E-state index contributed by atoms with van der Waals surface area (Å²) in [6, 6.07) is 7.47. The van der Waals surface area contributed by atoms with Gasteiger partial charge in [-0.1, -0.05) is 28.1 Å². The number of nitrogens with one attached hydrogen (secondary N) is 1. The maximum absolute atomic E-state index is 12.0. The maximum Gasteiger partial charge on any atom is 0.223 e. The zero-order valence-electron chi connectivity index (χ0n) is 10.5. The van der Waals surface area contributed by atoms with Crippen LogP contribution in [0.2, 0.25) is 6.32 Å². The number of hydrogen-bond donors (Lipinski definition) is 1. The summed E-state index contributed by atoms with van der Waals surface area (Å²) in [5.74, 6) is 0.142. The minimum absolute atomic E-state index is 0.142. The lowest BCUT2D eigenvalue weighted by Gasteiger charge is -2.14. The fraction of sp³-hybridized carbons (Fsp3) is 0.231.